The molecule has 2 aliphatic carbocycles. The first-order chi connectivity index (χ1) is 9.30. The summed E-state index contributed by atoms with van der Waals surface area (Å²) in [6, 6.07) is 7.19. The third-order valence-corrected chi connectivity index (χ3v) is 4.78. The van der Waals surface area contributed by atoms with Gasteiger partial charge in [-0.15, -0.1) is 0 Å². The molecule has 3 rings (SSSR count). The Hall–Kier alpha value is -2.03. The van der Waals surface area contributed by atoms with Crippen LogP contribution in [0.4, 0.5) is 0 Å². The average Bonchev–Trinajstić information content (AvgIpc) is 2.41. The standard InChI is InChI=1S/C17H16O3/c1-16(2)12(18)8-9-17(3)11-7-5-4-6-10(11)13(19)14(20)15(16)17/h4-9,15H,1-3H3. The van der Waals surface area contributed by atoms with Crippen molar-refractivity contribution in [3.8, 4) is 0 Å². The van der Waals surface area contributed by atoms with E-state index >= 15 is 0 Å². The van der Waals surface area contributed by atoms with Gasteiger partial charge in [0.1, 0.15) is 0 Å². The molecule has 0 amide bonds. The number of benzene rings is 1. The molecule has 1 aromatic rings. The second-order valence-electron chi connectivity index (χ2n) is 6.37. The Balaban J connectivity index is 2.36. The van der Waals surface area contributed by atoms with Crippen LogP contribution in [0.2, 0.25) is 0 Å². The van der Waals surface area contributed by atoms with E-state index in [9.17, 15) is 14.4 Å². The molecule has 1 aromatic carbocycles. The van der Waals surface area contributed by atoms with Crippen molar-refractivity contribution in [2.24, 2.45) is 11.3 Å². The van der Waals surface area contributed by atoms with Crippen LogP contribution in [0.3, 0.4) is 0 Å². The van der Waals surface area contributed by atoms with E-state index in [1.54, 1.807) is 38.1 Å². The fraction of sp³-hybridized carbons (Fsp3) is 0.353. The maximum atomic E-state index is 12.6. The van der Waals surface area contributed by atoms with Gasteiger partial charge in [0, 0.05) is 16.4 Å². The summed E-state index contributed by atoms with van der Waals surface area (Å²) >= 11 is 0. The lowest BCUT2D eigenvalue weighted by molar-refractivity contribution is -0.136. The first-order valence-electron chi connectivity index (χ1n) is 6.72. The number of hydrogen-bond acceptors (Lipinski definition) is 3. The van der Waals surface area contributed by atoms with Crippen LogP contribution < -0.4 is 0 Å². The smallest absolute Gasteiger partial charge is 0.229 e. The highest BCUT2D eigenvalue weighted by Gasteiger charge is 2.57. The van der Waals surface area contributed by atoms with Gasteiger partial charge in [-0.1, -0.05) is 51.1 Å². The molecule has 0 spiro atoms. The number of hydrogen-bond donors (Lipinski definition) is 0. The van der Waals surface area contributed by atoms with Crippen molar-refractivity contribution in [1.29, 1.82) is 0 Å². The Morgan fingerprint density at radius 1 is 1.00 bits per heavy atom. The van der Waals surface area contributed by atoms with Gasteiger partial charge in [-0.2, -0.15) is 0 Å². The SMILES string of the molecule is CC1(C)C(=O)C=CC2(C)c3ccccc3C(=O)C(=O)C12. The molecule has 3 heteroatoms. The maximum absolute atomic E-state index is 12.6. The normalized spacial score (nSPS) is 30.9. The van der Waals surface area contributed by atoms with Crippen LogP contribution in [0.5, 0.6) is 0 Å². The molecular weight excluding hydrogens is 252 g/mol. The van der Waals surface area contributed by atoms with Gasteiger partial charge >= 0.3 is 0 Å². The minimum Gasteiger partial charge on any atom is -0.294 e. The largest absolute Gasteiger partial charge is 0.294 e. The van der Waals surface area contributed by atoms with Crippen molar-refractivity contribution >= 4 is 17.3 Å². The Kier molecular flexibility index (Phi) is 2.43. The number of carbonyl (C=O) groups excluding carboxylic acids is 3. The van der Waals surface area contributed by atoms with Gasteiger partial charge in [0.15, 0.2) is 5.78 Å². The Labute approximate surface area is 117 Å². The lowest BCUT2D eigenvalue weighted by Gasteiger charge is -2.48. The number of fused-ring (bicyclic) bond motifs is 3. The molecule has 0 fully saturated rings. The summed E-state index contributed by atoms with van der Waals surface area (Å²) in [6.07, 6.45) is 3.34. The Morgan fingerprint density at radius 3 is 2.35 bits per heavy atom. The zero-order valence-electron chi connectivity index (χ0n) is 11.8. The zero-order valence-corrected chi connectivity index (χ0v) is 11.8. The molecular formula is C17H16O3. The molecule has 2 atom stereocenters. The molecule has 102 valence electrons. The number of ketones is 3. The Bertz CT molecular complexity index is 681. The number of carbonyl (C=O) groups is 3. The predicted molar refractivity (Wildman–Crippen MR) is 74.5 cm³/mol. The molecule has 2 unspecified atom stereocenters. The van der Waals surface area contributed by atoms with Crippen molar-refractivity contribution in [2.45, 2.75) is 26.2 Å². The fourth-order valence-electron chi connectivity index (χ4n) is 3.71. The van der Waals surface area contributed by atoms with E-state index in [4.69, 9.17) is 0 Å². The van der Waals surface area contributed by atoms with Crippen LogP contribution >= 0.6 is 0 Å². The van der Waals surface area contributed by atoms with Gasteiger partial charge in [-0.3, -0.25) is 14.4 Å². The molecule has 0 aromatic heterocycles. The lowest BCUT2D eigenvalue weighted by atomic mass is 9.52. The third-order valence-electron chi connectivity index (χ3n) is 4.78. The van der Waals surface area contributed by atoms with Gasteiger partial charge in [0.2, 0.25) is 11.6 Å². The predicted octanol–water partition coefficient (Wildman–Crippen LogP) is 2.49. The fourth-order valence-corrected chi connectivity index (χ4v) is 3.71. The second-order valence-corrected chi connectivity index (χ2v) is 6.37. The Morgan fingerprint density at radius 2 is 1.65 bits per heavy atom. The van der Waals surface area contributed by atoms with Gasteiger partial charge in [0.05, 0.1) is 5.92 Å². The van der Waals surface area contributed by atoms with Crippen molar-refractivity contribution in [2.75, 3.05) is 0 Å². The van der Waals surface area contributed by atoms with Gasteiger partial charge in [-0.25, -0.2) is 0 Å². The topological polar surface area (TPSA) is 51.2 Å². The van der Waals surface area contributed by atoms with E-state index in [-0.39, 0.29) is 5.78 Å². The number of allylic oxidation sites excluding steroid dienone is 2. The third kappa shape index (κ3) is 1.38. The van der Waals surface area contributed by atoms with E-state index in [2.05, 4.69) is 0 Å². The molecule has 2 aliphatic rings. The molecule has 0 saturated carbocycles. The van der Waals surface area contributed by atoms with Gasteiger partial charge in [0.25, 0.3) is 0 Å². The van der Waals surface area contributed by atoms with Crippen molar-refractivity contribution < 1.29 is 14.4 Å². The van der Waals surface area contributed by atoms with E-state index in [0.717, 1.165) is 5.56 Å². The van der Waals surface area contributed by atoms with Gasteiger partial charge in [-0.05, 0) is 11.6 Å². The van der Waals surface area contributed by atoms with Crippen LogP contribution in [0.15, 0.2) is 36.4 Å². The van der Waals surface area contributed by atoms with E-state index < -0.39 is 28.3 Å². The molecule has 20 heavy (non-hydrogen) atoms. The monoisotopic (exact) mass is 268 g/mol. The van der Waals surface area contributed by atoms with Crippen LogP contribution in [-0.4, -0.2) is 17.3 Å². The highest BCUT2D eigenvalue weighted by Crippen LogP contribution is 2.51. The van der Waals surface area contributed by atoms with Crippen LogP contribution in [0.1, 0.15) is 36.7 Å². The summed E-state index contributed by atoms with van der Waals surface area (Å²) in [6.45, 7) is 5.44. The maximum Gasteiger partial charge on any atom is 0.229 e. The zero-order chi connectivity index (χ0) is 14.7. The minimum absolute atomic E-state index is 0.0968. The second kappa shape index (κ2) is 3.75. The summed E-state index contributed by atoms with van der Waals surface area (Å²) in [7, 11) is 0. The van der Waals surface area contributed by atoms with E-state index in [1.807, 2.05) is 19.1 Å². The van der Waals surface area contributed by atoms with Crippen molar-refractivity contribution in [3.63, 3.8) is 0 Å². The highest BCUT2D eigenvalue weighted by molar-refractivity contribution is 6.46. The summed E-state index contributed by atoms with van der Waals surface area (Å²) in [4.78, 5) is 37.0. The first-order valence-corrected chi connectivity index (χ1v) is 6.72. The molecule has 3 nitrogen and oxygen atoms in total. The minimum atomic E-state index is -0.857. The van der Waals surface area contributed by atoms with Crippen LogP contribution in [-0.2, 0) is 15.0 Å². The summed E-state index contributed by atoms with van der Waals surface area (Å²) < 4.78 is 0. The highest BCUT2D eigenvalue weighted by atomic mass is 16.2. The van der Waals surface area contributed by atoms with Gasteiger partial charge < -0.3 is 0 Å². The molecule has 0 N–H and O–H groups in total. The van der Waals surface area contributed by atoms with Crippen LogP contribution in [0.25, 0.3) is 0 Å². The molecule has 0 radical (unpaired) electrons. The molecule has 0 aliphatic heterocycles. The van der Waals surface area contributed by atoms with Crippen molar-refractivity contribution in [1.82, 2.24) is 0 Å². The molecule has 0 saturated heterocycles. The summed E-state index contributed by atoms with van der Waals surface area (Å²) in [5.41, 5.74) is -0.152. The van der Waals surface area contributed by atoms with E-state index in [1.165, 1.54) is 0 Å². The van der Waals surface area contributed by atoms with Crippen molar-refractivity contribution in [3.05, 3.63) is 47.5 Å². The lowest BCUT2D eigenvalue weighted by Crippen LogP contribution is -2.55. The summed E-state index contributed by atoms with van der Waals surface area (Å²) in [5.74, 6) is -1.65. The summed E-state index contributed by atoms with van der Waals surface area (Å²) in [5, 5.41) is 0. The molecule has 0 bridgehead atoms. The molecule has 0 heterocycles. The average molecular weight is 268 g/mol. The number of Topliss-reactive ketones (excluding diaryl/α,β-unsaturated/α-hetero) is 2. The quantitative estimate of drug-likeness (QED) is 0.679. The number of rotatable bonds is 0. The van der Waals surface area contributed by atoms with Crippen LogP contribution in [0, 0.1) is 11.3 Å². The van der Waals surface area contributed by atoms with E-state index in [0.29, 0.717) is 5.56 Å². The first kappa shape index (κ1) is 13.0.